The number of fused-ring (bicyclic) bond motifs is 1. The van der Waals surface area contributed by atoms with Crippen LogP contribution in [0.25, 0.3) is 28.3 Å². The molecule has 10 nitrogen and oxygen atoms in total. The van der Waals surface area contributed by atoms with Gasteiger partial charge in [0.05, 0.1) is 36.0 Å². The molecule has 41 heavy (non-hydrogen) atoms. The van der Waals surface area contributed by atoms with Crippen molar-refractivity contribution in [3.05, 3.63) is 90.3 Å². The number of halogens is 2. The first-order valence-corrected chi connectivity index (χ1v) is 13.1. The van der Waals surface area contributed by atoms with Gasteiger partial charge >= 0.3 is 0 Å². The summed E-state index contributed by atoms with van der Waals surface area (Å²) in [6, 6.07) is 12.3. The van der Waals surface area contributed by atoms with E-state index >= 15 is 0 Å². The van der Waals surface area contributed by atoms with Crippen LogP contribution in [0.3, 0.4) is 0 Å². The zero-order chi connectivity index (χ0) is 28.5. The highest BCUT2D eigenvalue weighted by Crippen LogP contribution is 2.35. The van der Waals surface area contributed by atoms with E-state index in [1.54, 1.807) is 40.1 Å². The van der Waals surface area contributed by atoms with Gasteiger partial charge in [-0.2, -0.15) is 9.49 Å². The number of hydrogen-bond donors (Lipinski definition) is 1. The minimum Gasteiger partial charge on any atom is -0.387 e. The molecule has 12 heteroatoms. The minimum atomic E-state index is -0.726. The lowest BCUT2D eigenvalue weighted by molar-refractivity contribution is -0.135. The van der Waals surface area contributed by atoms with Gasteiger partial charge in [0.15, 0.2) is 11.4 Å². The van der Waals surface area contributed by atoms with Gasteiger partial charge in [0.2, 0.25) is 11.9 Å². The molecule has 1 aliphatic rings. The number of nitrogens with zero attached hydrogens (tertiary/aromatic N) is 7. The molecule has 0 saturated carbocycles. The van der Waals surface area contributed by atoms with Crippen molar-refractivity contribution in [2.45, 2.75) is 25.3 Å². The highest BCUT2D eigenvalue weighted by molar-refractivity contribution is 5.97. The number of piperidine rings is 1. The molecule has 1 aromatic carbocycles. The van der Waals surface area contributed by atoms with E-state index in [2.05, 4.69) is 15.0 Å². The second kappa shape index (κ2) is 11.0. The predicted octanol–water partition coefficient (Wildman–Crippen LogP) is 3.51. The summed E-state index contributed by atoms with van der Waals surface area (Å²) >= 11 is 0. The Kier molecular flexibility index (Phi) is 7.06. The van der Waals surface area contributed by atoms with Crippen LogP contribution < -0.4 is 0 Å². The molecule has 1 fully saturated rings. The Bertz CT molecular complexity index is 1740. The molecule has 0 spiro atoms. The zero-order valence-corrected chi connectivity index (χ0v) is 21.8. The van der Waals surface area contributed by atoms with E-state index in [0.717, 1.165) is 17.3 Å². The number of ketones is 1. The van der Waals surface area contributed by atoms with E-state index in [4.69, 9.17) is 5.10 Å². The van der Waals surface area contributed by atoms with Crippen LogP contribution in [0.1, 0.15) is 34.9 Å². The molecular weight excluding hydrogens is 532 g/mol. The number of rotatable bonds is 7. The summed E-state index contributed by atoms with van der Waals surface area (Å²) in [6.07, 6.45) is 5.92. The number of aliphatic hydroxyl groups excluding tert-OH is 1. The number of likely N-dealkylation sites (tertiary alicyclic amines) is 1. The Hall–Kier alpha value is -4.84. The fourth-order valence-corrected chi connectivity index (χ4v) is 5.19. The SMILES string of the molecule is O=C(Cc1cn2nc(-c3c(-c4ccc(F)cc4)ncn3C3CCN(C(=O)CO)CC3)ccc2n1)c1ccnc(F)c1. The molecule has 0 unspecified atom stereocenters. The number of pyridine rings is 1. The number of imidazole rings is 2. The number of amides is 1. The summed E-state index contributed by atoms with van der Waals surface area (Å²) in [6.45, 7) is 0.484. The van der Waals surface area contributed by atoms with Crippen LogP contribution in [0.15, 0.2) is 67.3 Å². The standard InChI is InChI=1S/C29H25F2N7O3/c30-20-3-1-18(2-4-20)28-29(37(17-33-28)22-8-11-36(12-9-22)27(41)16-39)23-5-6-26-34-21(15-38(26)35-23)14-24(40)19-7-10-32-25(31)13-19/h1-7,10,13,15,17,22,39H,8-9,11-12,14,16H2. The van der Waals surface area contributed by atoms with Crippen molar-refractivity contribution in [3.63, 3.8) is 0 Å². The van der Waals surface area contributed by atoms with Gasteiger partial charge in [-0.05, 0) is 55.3 Å². The minimum absolute atomic E-state index is 0.0173. The highest BCUT2D eigenvalue weighted by Gasteiger charge is 2.27. The molecule has 1 amide bonds. The maximum Gasteiger partial charge on any atom is 0.248 e. The van der Waals surface area contributed by atoms with Crippen LogP contribution in [-0.2, 0) is 11.2 Å². The molecule has 4 aromatic heterocycles. The Morgan fingerprint density at radius 1 is 1.00 bits per heavy atom. The lowest BCUT2D eigenvalue weighted by atomic mass is 10.0. The summed E-state index contributed by atoms with van der Waals surface area (Å²) in [5.74, 6) is -1.67. The maximum atomic E-state index is 13.7. The van der Waals surface area contributed by atoms with Crippen LogP contribution >= 0.6 is 0 Å². The fourth-order valence-electron chi connectivity index (χ4n) is 5.19. The summed E-state index contributed by atoms with van der Waals surface area (Å²) in [5.41, 5.74) is 3.88. The first-order valence-electron chi connectivity index (χ1n) is 13.1. The fraction of sp³-hybridized carbons (Fsp3) is 0.241. The zero-order valence-electron chi connectivity index (χ0n) is 21.8. The van der Waals surface area contributed by atoms with Gasteiger partial charge < -0.3 is 14.6 Å². The van der Waals surface area contributed by atoms with Crippen molar-refractivity contribution in [2.24, 2.45) is 0 Å². The number of aliphatic hydroxyl groups is 1. The largest absolute Gasteiger partial charge is 0.387 e. The number of carbonyl (C=O) groups excluding carboxylic acids is 2. The average molecular weight is 558 g/mol. The molecule has 0 bridgehead atoms. The lowest BCUT2D eigenvalue weighted by Gasteiger charge is -2.33. The van der Waals surface area contributed by atoms with Gasteiger partial charge in [-0.15, -0.1) is 0 Å². The van der Waals surface area contributed by atoms with Crippen molar-refractivity contribution in [1.82, 2.24) is 34.0 Å². The van der Waals surface area contributed by atoms with Crippen molar-refractivity contribution in [2.75, 3.05) is 19.7 Å². The quantitative estimate of drug-likeness (QED) is 0.240. The molecule has 1 saturated heterocycles. The smallest absolute Gasteiger partial charge is 0.248 e. The number of carbonyl (C=O) groups is 2. The number of aromatic nitrogens is 6. The van der Waals surface area contributed by atoms with E-state index in [0.29, 0.717) is 48.7 Å². The van der Waals surface area contributed by atoms with Crippen LogP contribution in [0.2, 0.25) is 0 Å². The van der Waals surface area contributed by atoms with Crippen molar-refractivity contribution < 1.29 is 23.5 Å². The molecule has 5 heterocycles. The normalized spacial score (nSPS) is 14.1. The second-order valence-corrected chi connectivity index (χ2v) is 9.85. The van der Waals surface area contributed by atoms with Crippen LogP contribution in [0.4, 0.5) is 8.78 Å². The third kappa shape index (κ3) is 5.33. The topological polar surface area (TPSA) is 119 Å². The molecule has 0 radical (unpaired) electrons. The molecule has 208 valence electrons. The Morgan fingerprint density at radius 2 is 1.78 bits per heavy atom. The van der Waals surface area contributed by atoms with E-state index in [-0.39, 0.29) is 35.5 Å². The molecule has 5 aromatic rings. The van der Waals surface area contributed by atoms with E-state index in [9.17, 15) is 23.5 Å². The van der Waals surface area contributed by atoms with E-state index in [1.807, 2.05) is 10.6 Å². The van der Waals surface area contributed by atoms with Gasteiger partial charge in [0, 0.05) is 42.5 Å². The third-order valence-electron chi connectivity index (χ3n) is 7.26. The van der Waals surface area contributed by atoms with Crippen LogP contribution in [0, 0.1) is 11.8 Å². The summed E-state index contributed by atoms with van der Waals surface area (Å²) < 4.78 is 30.8. The summed E-state index contributed by atoms with van der Waals surface area (Å²) in [7, 11) is 0. The highest BCUT2D eigenvalue weighted by atomic mass is 19.1. The molecule has 6 rings (SSSR count). The van der Waals surface area contributed by atoms with Gasteiger partial charge in [-0.3, -0.25) is 9.59 Å². The third-order valence-corrected chi connectivity index (χ3v) is 7.26. The van der Waals surface area contributed by atoms with Gasteiger partial charge in [-0.25, -0.2) is 23.9 Å². The Balaban J connectivity index is 1.35. The van der Waals surface area contributed by atoms with Gasteiger partial charge in [0.25, 0.3) is 0 Å². The Morgan fingerprint density at radius 3 is 2.51 bits per heavy atom. The first kappa shape index (κ1) is 26.4. The van der Waals surface area contributed by atoms with Crippen LogP contribution in [-0.4, -0.2) is 70.5 Å². The van der Waals surface area contributed by atoms with Crippen molar-refractivity contribution in [3.8, 4) is 22.6 Å². The molecule has 0 aliphatic carbocycles. The summed E-state index contributed by atoms with van der Waals surface area (Å²) in [5, 5.41) is 14.0. The number of Topliss-reactive ketones (excluding diaryl/α,β-unsaturated/α-hetero) is 1. The van der Waals surface area contributed by atoms with Gasteiger partial charge in [0.1, 0.15) is 18.1 Å². The molecule has 0 atom stereocenters. The lowest BCUT2D eigenvalue weighted by Crippen LogP contribution is -2.40. The van der Waals surface area contributed by atoms with Crippen molar-refractivity contribution in [1.29, 1.82) is 0 Å². The molecule has 1 N–H and O–H groups in total. The maximum absolute atomic E-state index is 13.7. The monoisotopic (exact) mass is 557 g/mol. The second-order valence-electron chi connectivity index (χ2n) is 9.85. The van der Waals surface area contributed by atoms with Crippen LogP contribution in [0.5, 0.6) is 0 Å². The number of benzene rings is 1. The first-order chi connectivity index (χ1) is 19.9. The van der Waals surface area contributed by atoms with E-state index < -0.39 is 12.6 Å². The Labute approximate surface area is 232 Å². The molecular formula is C29H25F2N7O3. The predicted molar refractivity (Wildman–Crippen MR) is 144 cm³/mol. The average Bonchev–Trinajstić information content (AvgIpc) is 3.61. The molecule has 1 aliphatic heterocycles. The summed E-state index contributed by atoms with van der Waals surface area (Å²) in [4.78, 5) is 39.0. The number of hydrogen-bond acceptors (Lipinski definition) is 7. The van der Waals surface area contributed by atoms with Crippen molar-refractivity contribution >= 4 is 17.3 Å². The van der Waals surface area contributed by atoms with E-state index in [1.165, 1.54) is 24.4 Å². The van der Waals surface area contributed by atoms with Gasteiger partial charge in [-0.1, -0.05) is 0 Å².